The summed E-state index contributed by atoms with van der Waals surface area (Å²) >= 11 is 0. The van der Waals surface area contributed by atoms with E-state index in [-0.39, 0.29) is 24.5 Å². The third-order valence-corrected chi connectivity index (χ3v) is 6.49. The smallest absolute Gasteiger partial charge is 0.433 e. The minimum atomic E-state index is -4.62. The van der Waals surface area contributed by atoms with Crippen molar-refractivity contribution in [1.82, 2.24) is 14.7 Å². The van der Waals surface area contributed by atoms with Crippen LogP contribution in [0.4, 0.5) is 23.7 Å². The highest BCUT2D eigenvalue weighted by atomic mass is 19.4. The summed E-state index contributed by atoms with van der Waals surface area (Å²) in [4.78, 5) is 39.7. The van der Waals surface area contributed by atoms with Gasteiger partial charge in [-0.3, -0.25) is 9.69 Å². The molecule has 13 heteroatoms. The van der Waals surface area contributed by atoms with Crippen molar-refractivity contribution in [3.05, 3.63) is 71.5 Å². The van der Waals surface area contributed by atoms with Crippen molar-refractivity contribution in [2.45, 2.75) is 58.0 Å². The Kier molecular flexibility index (Phi) is 8.50. The van der Waals surface area contributed by atoms with E-state index in [1.165, 1.54) is 24.1 Å². The van der Waals surface area contributed by atoms with Gasteiger partial charge >= 0.3 is 18.2 Å². The lowest BCUT2D eigenvalue weighted by atomic mass is 10.1. The molecule has 1 aliphatic rings. The van der Waals surface area contributed by atoms with Gasteiger partial charge in [-0.15, -0.1) is 0 Å². The minimum absolute atomic E-state index is 0.0808. The lowest BCUT2D eigenvalue weighted by Gasteiger charge is -2.29. The maximum atomic E-state index is 13.6. The van der Waals surface area contributed by atoms with Crippen LogP contribution in [0.3, 0.4) is 0 Å². The summed E-state index contributed by atoms with van der Waals surface area (Å²) in [6.45, 7) is 5.01. The van der Waals surface area contributed by atoms with Crippen LogP contribution in [0.5, 0.6) is 5.75 Å². The average Bonchev–Trinajstić information content (AvgIpc) is 3.54. The topological polar surface area (TPSA) is 114 Å². The molecule has 1 aromatic heterocycles. The predicted octanol–water partition coefficient (Wildman–Crippen LogP) is 5.07. The summed E-state index contributed by atoms with van der Waals surface area (Å²) in [5.41, 5.74) is -0.108. The third-order valence-electron chi connectivity index (χ3n) is 6.49. The van der Waals surface area contributed by atoms with Crippen LogP contribution in [0, 0.1) is 0 Å². The van der Waals surface area contributed by atoms with Gasteiger partial charge in [-0.25, -0.2) is 14.3 Å². The molecule has 4 rings (SSSR count). The zero-order chi connectivity index (χ0) is 30.8. The molecule has 0 spiro atoms. The standard InChI is InChI=1S/C29H31F3N4O6/c1-28(2,3)42-27(40)34(4)23(26(38)39)16-25(37)35-13-12-18-14-21(10-11-22(18)35)41-17-19-15-24(29(30,31)32)36(33-19)20-8-6-5-7-9-20/h5-11,14-15,23H,12-13,16-17H2,1-4H3,(H,38,39)/t23-/m1/s1. The van der Waals surface area contributed by atoms with Gasteiger partial charge in [0.25, 0.3) is 0 Å². The van der Waals surface area contributed by atoms with Gasteiger partial charge in [-0.05, 0) is 69.2 Å². The number of aromatic nitrogens is 2. The van der Waals surface area contributed by atoms with Gasteiger partial charge in [0.05, 0.1) is 12.1 Å². The number of carboxylic acid groups (broad SMARTS) is 1. The van der Waals surface area contributed by atoms with Crippen LogP contribution in [0.1, 0.15) is 44.1 Å². The molecule has 1 atom stereocenters. The van der Waals surface area contributed by atoms with Gasteiger partial charge in [0.2, 0.25) is 5.91 Å². The van der Waals surface area contributed by atoms with E-state index in [0.717, 1.165) is 21.2 Å². The van der Waals surface area contributed by atoms with Crippen molar-refractivity contribution in [2.75, 3.05) is 18.5 Å². The third kappa shape index (κ3) is 7.01. The number of carboxylic acids is 1. The van der Waals surface area contributed by atoms with E-state index in [4.69, 9.17) is 9.47 Å². The molecule has 2 aromatic carbocycles. The Morgan fingerprint density at radius 3 is 2.38 bits per heavy atom. The molecule has 1 N–H and O–H groups in total. The molecule has 1 aliphatic heterocycles. The number of likely N-dealkylation sites (N-methyl/N-ethyl adjacent to an activating group) is 1. The Morgan fingerprint density at radius 1 is 1.07 bits per heavy atom. The number of benzene rings is 2. The molecule has 0 saturated heterocycles. The monoisotopic (exact) mass is 588 g/mol. The summed E-state index contributed by atoms with van der Waals surface area (Å²) in [6.07, 6.45) is -5.48. The number of anilines is 1. The number of para-hydroxylation sites is 1. The van der Waals surface area contributed by atoms with Crippen molar-refractivity contribution in [1.29, 1.82) is 0 Å². The Morgan fingerprint density at radius 2 is 1.76 bits per heavy atom. The van der Waals surface area contributed by atoms with E-state index in [1.54, 1.807) is 57.2 Å². The molecule has 2 heterocycles. The van der Waals surface area contributed by atoms with Crippen molar-refractivity contribution >= 4 is 23.7 Å². The summed E-state index contributed by atoms with van der Waals surface area (Å²) < 4.78 is 52.7. The minimum Gasteiger partial charge on any atom is -0.487 e. The molecule has 42 heavy (non-hydrogen) atoms. The second-order valence-corrected chi connectivity index (χ2v) is 10.8. The van der Waals surface area contributed by atoms with Gasteiger partial charge in [0.15, 0.2) is 0 Å². The number of aliphatic carboxylic acids is 1. The van der Waals surface area contributed by atoms with E-state index in [2.05, 4.69) is 5.10 Å². The fraction of sp³-hybridized carbons (Fsp3) is 0.379. The number of fused-ring (bicyclic) bond motifs is 1. The Labute approximate surface area is 240 Å². The van der Waals surface area contributed by atoms with Crippen LogP contribution in [0.2, 0.25) is 0 Å². The number of rotatable bonds is 8. The summed E-state index contributed by atoms with van der Waals surface area (Å²) in [7, 11) is 1.27. The molecule has 10 nitrogen and oxygen atoms in total. The van der Waals surface area contributed by atoms with Gasteiger partial charge in [-0.2, -0.15) is 18.3 Å². The van der Waals surface area contributed by atoms with Crippen molar-refractivity contribution in [3.63, 3.8) is 0 Å². The molecule has 2 amide bonds. The zero-order valence-corrected chi connectivity index (χ0v) is 23.5. The molecule has 0 radical (unpaired) electrons. The summed E-state index contributed by atoms with van der Waals surface area (Å²) in [6, 6.07) is 12.4. The Balaban J connectivity index is 1.44. The molecule has 0 saturated carbocycles. The molecule has 224 valence electrons. The highest BCUT2D eigenvalue weighted by Gasteiger charge is 2.37. The quantitative estimate of drug-likeness (QED) is 0.391. The fourth-order valence-corrected chi connectivity index (χ4v) is 4.48. The predicted molar refractivity (Wildman–Crippen MR) is 145 cm³/mol. The maximum Gasteiger partial charge on any atom is 0.433 e. The Bertz CT molecular complexity index is 1470. The zero-order valence-electron chi connectivity index (χ0n) is 23.5. The highest BCUT2D eigenvalue weighted by Crippen LogP contribution is 2.34. The first kappa shape index (κ1) is 30.4. The Hall–Kier alpha value is -4.55. The molecule has 3 aromatic rings. The van der Waals surface area contributed by atoms with Gasteiger partial charge in [0.1, 0.15) is 35.4 Å². The summed E-state index contributed by atoms with van der Waals surface area (Å²) in [5.74, 6) is -1.46. The number of amides is 2. The number of hydrogen-bond acceptors (Lipinski definition) is 6. The van der Waals surface area contributed by atoms with Crippen LogP contribution in [-0.4, -0.2) is 63.0 Å². The largest absolute Gasteiger partial charge is 0.487 e. The van der Waals surface area contributed by atoms with Gasteiger partial charge < -0.3 is 19.5 Å². The first-order valence-electron chi connectivity index (χ1n) is 13.1. The average molecular weight is 589 g/mol. The van der Waals surface area contributed by atoms with Crippen molar-refractivity contribution < 1.29 is 42.1 Å². The molecule has 0 fully saturated rings. The van der Waals surface area contributed by atoms with E-state index in [1.807, 2.05) is 0 Å². The number of carbonyl (C=O) groups is 3. The van der Waals surface area contributed by atoms with E-state index >= 15 is 0 Å². The molecule has 0 bridgehead atoms. The van der Waals surface area contributed by atoms with Crippen LogP contribution < -0.4 is 9.64 Å². The van der Waals surface area contributed by atoms with E-state index in [9.17, 15) is 32.7 Å². The van der Waals surface area contributed by atoms with Gasteiger partial charge in [-0.1, -0.05) is 18.2 Å². The van der Waals surface area contributed by atoms with Crippen molar-refractivity contribution in [3.8, 4) is 11.4 Å². The van der Waals surface area contributed by atoms with Crippen LogP contribution in [0.15, 0.2) is 54.6 Å². The van der Waals surface area contributed by atoms with E-state index < -0.39 is 47.9 Å². The number of carbonyl (C=O) groups excluding carboxylic acids is 2. The lowest BCUT2D eigenvalue weighted by Crippen LogP contribution is -2.47. The van der Waals surface area contributed by atoms with Crippen LogP contribution in [0.25, 0.3) is 5.69 Å². The normalized spacial score (nSPS) is 13.8. The van der Waals surface area contributed by atoms with Crippen LogP contribution in [-0.2, 0) is 33.5 Å². The molecular formula is C29H31F3N4O6. The number of alkyl halides is 3. The first-order valence-corrected chi connectivity index (χ1v) is 13.1. The second-order valence-electron chi connectivity index (χ2n) is 10.8. The summed E-state index contributed by atoms with van der Waals surface area (Å²) in [5, 5.41) is 13.8. The van der Waals surface area contributed by atoms with Crippen molar-refractivity contribution in [2.24, 2.45) is 0 Å². The van der Waals surface area contributed by atoms with Crippen LogP contribution >= 0.6 is 0 Å². The van der Waals surface area contributed by atoms with E-state index in [0.29, 0.717) is 17.9 Å². The maximum absolute atomic E-state index is 13.6. The molecule has 0 unspecified atom stereocenters. The lowest BCUT2D eigenvalue weighted by molar-refractivity contribution is -0.144. The number of hydrogen-bond donors (Lipinski definition) is 1. The SMILES string of the molecule is CN(C(=O)OC(C)(C)C)[C@H](CC(=O)N1CCc2cc(OCc3cc(C(F)(F)F)n(-c4ccccc4)n3)ccc21)C(=O)O. The van der Waals surface area contributed by atoms with Gasteiger partial charge in [0, 0.05) is 19.3 Å². The number of halogens is 3. The highest BCUT2D eigenvalue weighted by molar-refractivity contribution is 5.98. The first-order chi connectivity index (χ1) is 19.6. The number of ether oxygens (including phenoxy) is 2. The second kappa shape index (κ2) is 11.7. The molecular weight excluding hydrogens is 557 g/mol. The molecule has 0 aliphatic carbocycles. The fourth-order valence-electron chi connectivity index (χ4n) is 4.48. The number of nitrogens with zero attached hydrogens (tertiary/aromatic N) is 4.